The van der Waals surface area contributed by atoms with Crippen molar-refractivity contribution < 1.29 is 36.3 Å². The number of aromatic nitrogens is 3. The highest BCUT2D eigenvalue weighted by Crippen LogP contribution is 2.23. The summed E-state index contributed by atoms with van der Waals surface area (Å²) in [5.41, 5.74) is 2.05. The third kappa shape index (κ3) is 9.14. The van der Waals surface area contributed by atoms with E-state index in [1.165, 1.54) is 74.6 Å². The van der Waals surface area contributed by atoms with Crippen molar-refractivity contribution >= 4 is 50.0 Å². The zero-order valence-corrected chi connectivity index (χ0v) is 28.0. The van der Waals surface area contributed by atoms with Gasteiger partial charge in [-0.2, -0.15) is 15.0 Å². The van der Waals surface area contributed by atoms with Crippen LogP contribution in [0, 0.1) is 6.92 Å². The molecule has 1 atom stereocenters. The standard InChI is InChI=1S/C30H34N8O8S2/c1-19-5-13-24(14-6-19)48(44,45)38(4)29-35-27(32-18-21-9-15-23(16-10-21)47(31,42)43)34-28(36-29)33-25(26(39)40)17-20-7-11-22(12-8-20)46-30(41)37(2)3/h5-16,25H,17-18H2,1-4H3,(H,39,40)(H2,31,42,43)(H2,32,33,34,35,36)/t25-/m0/s1. The van der Waals surface area contributed by atoms with Gasteiger partial charge in [0.05, 0.1) is 9.79 Å². The van der Waals surface area contributed by atoms with Gasteiger partial charge in [0.2, 0.25) is 27.9 Å². The number of sulfonamides is 2. The van der Waals surface area contributed by atoms with Gasteiger partial charge in [0.1, 0.15) is 11.8 Å². The maximum absolute atomic E-state index is 13.5. The van der Waals surface area contributed by atoms with Crippen LogP contribution in [-0.4, -0.2) is 81.0 Å². The number of carbonyl (C=O) groups excluding carboxylic acids is 1. The monoisotopic (exact) mass is 698 g/mol. The van der Waals surface area contributed by atoms with E-state index < -0.39 is 38.2 Å². The van der Waals surface area contributed by atoms with Crippen molar-refractivity contribution in [3.05, 3.63) is 89.5 Å². The van der Waals surface area contributed by atoms with Crippen molar-refractivity contribution in [2.75, 3.05) is 36.1 Å². The Labute approximate surface area is 277 Å². The van der Waals surface area contributed by atoms with E-state index in [2.05, 4.69) is 25.6 Å². The van der Waals surface area contributed by atoms with Crippen LogP contribution in [-0.2, 0) is 37.8 Å². The number of carbonyl (C=O) groups is 2. The van der Waals surface area contributed by atoms with Gasteiger partial charge in [0.25, 0.3) is 10.0 Å². The quantitative estimate of drug-likeness (QED) is 0.158. The topological polar surface area (TPSA) is 227 Å². The van der Waals surface area contributed by atoms with Gasteiger partial charge in [0.15, 0.2) is 0 Å². The molecule has 0 bridgehead atoms. The number of carboxylic acids is 1. The number of anilines is 3. The molecule has 5 N–H and O–H groups in total. The zero-order chi connectivity index (χ0) is 35.2. The van der Waals surface area contributed by atoms with Crippen LogP contribution in [0.3, 0.4) is 0 Å². The molecule has 4 rings (SSSR count). The van der Waals surface area contributed by atoms with Gasteiger partial charge in [-0.15, -0.1) is 0 Å². The summed E-state index contributed by atoms with van der Waals surface area (Å²) in [7, 11) is -3.70. The molecule has 48 heavy (non-hydrogen) atoms. The second kappa shape index (κ2) is 14.6. The van der Waals surface area contributed by atoms with Crippen molar-refractivity contribution in [2.24, 2.45) is 5.14 Å². The number of aryl methyl sites for hydroxylation is 1. The lowest BCUT2D eigenvalue weighted by Gasteiger charge is -2.20. The molecule has 0 aliphatic heterocycles. The van der Waals surface area contributed by atoms with Gasteiger partial charge in [-0.05, 0) is 54.4 Å². The fourth-order valence-electron chi connectivity index (χ4n) is 4.08. The summed E-state index contributed by atoms with van der Waals surface area (Å²) in [4.78, 5) is 38.1. The second-order valence-corrected chi connectivity index (χ2v) is 14.3. The van der Waals surface area contributed by atoms with E-state index in [9.17, 15) is 31.5 Å². The lowest BCUT2D eigenvalue weighted by molar-refractivity contribution is -0.137. The molecule has 4 aromatic rings. The van der Waals surface area contributed by atoms with E-state index in [1.807, 2.05) is 6.92 Å². The lowest BCUT2D eigenvalue weighted by Crippen LogP contribution is -2.33. The molecule has 1 aromatic heterocycles. The molecule has 1 heterocycles. The van der Waals surface area contributed by atoms with Crippen LogP contribution in [0.4, 0.5) is 22.6 Å². The van der Waals surface area contributed by atoms with Crippen LogP contribution in [0.2, 0.25) is 0 Å². The summed E-state index contributed by atoms with van der Waals surface area (Å²) in [6.07, 6.45) is -0.618. The van der Waals surface area contributed by atoms with Crippen LogP contribution in [0.5, 0.6) is 5.75 Å². The van der Waals surface area contributed by atoms with Gasteiger partial charge in [-0.25, -0.2) is 35.9 Å². The smallest absolute Gasteiger partial charge is 0.414 e. The first kappa shape index (κ1) is 35.5. The molecule has 0 spiro atoms. The highest BCUT2D eigenvalue weighted by Gasteiger charge is 2.26. The van der Waals surface area contributed by atoms with Crippen LogP contribution >= 0.6 is 0 Å². The Morgan fingerprint density at radius 1 is 0.833 bits per heavy atom. The first-order valence-corrected chi connectivity index (χ1v) is 17.2. The second-order valence-electron chi connectivity index (χ2n) is 10.8. The minimum atomic E-state index is -4.14. The number of hydrogen-bond acceptors (Lipinski definition) is 12. The summed E-state index contributed by atoms with van der Waals surface area (Å²) >= 11 is 0. The van der Waals surface area contributed by atoms with E-state index in [0.717, 1.165) is 9.87 Å². The number of nitrogens with two attached hydrogens (primary N) is 1. The zero-order valence-electron chi connectivity index (χ0n) is 26.4. The molecule has 0 saturated heterocycles. The Bertz CT molecular complexity index is 1990. The summed E-state index contributed by atoms with van der Waals surface area (Å²) in [6, 6.07) is 16.9. The molecular formula is C30H34N8O8S2. The average Bonchev–Trinajstić information content (AvgIpc) is 3.03. The predicted molar refractivity (Wildman–Crippen MR) is 177 cm³/mol. The number of hydrogen-bond donors (Lipinski definition) is 4. The summed E-state index contributed by atoms with van der Waals surface area (Å²) in [5.74, 6) is -1.61. The normalized spacial score (nSPS) is 12.1. The molecule has 254 valence electrons. The largest absolute Gasteiger partial charge is 0.480 e. The maximum Gasteiger partial charge on any atom is 0.414 e. The lowest BCUT2D eigenvalue weighted by atomic mass is 10.1. The Balaban J connectivity index is 1.63. The van der Waals surface area contributed by atoms with Gasteiger partial charge in [0, 0.05) is 34.1 Å². The van der Waals surface area contributed by atoms with Crippen molar-refractivity contribution in [3.63, 3.8) is 0 Å². The van der Waals surface area contributed by atoms with Crippen LogP contribution in [0.15, 0.2) is 82.6 Å². The first-order chi connectivity index (χ1) is 22.5. The number of nitrogens with one attached hydrogen (secondary N) is 2. The molecule has 0 aliphatic carbocycles. The number of rotatable bonds is 13. The van der Waals surface area contributed by atoms with E-state index in [4.69, 9.17) is 9.88 Å². The number of primary sulfonamides is 1. The van der Waals surface area contributed by atoms with E-state index in [-0.39, 0.29) is 46.4 Å². The Hall–Kier alpha value is -5.33. The van der Waals surface area contributed by atoms with Gasteiger partial charge in [-0.3, -0.25) is 0 Å². The molecule has 16 nitrogen and oxygen atoms in total. The van der Waals surface area contributed by atoms with Crippen molar-refractivity contribution in [2.45, 2.75) is 35.7 Å². The third-order valence-electron chi connectivity index (χ3n) is 6.82. The van der Waals surface area contributed by atoms with Gasteiger partial charge in [-0.1, -0.05) is 42.0 Å². The van der Waals surface area contributed by atoms with Crippen molar-refractivity contribution in [1.29, 1.82) is 0 Å². The Morgan fingerprint density at radius 3 is 1.96 bits per heavy atom. The minimum Gasteiger partial charge on any atom is -0.480 e. The predicted octanol–water partition coefficient (Wildman–Crippen LogP) is 2.43. The molecule has 0 fully saturated rings. The number of carboxylic acid groups (broad SMARTS) is 1. The van der Waals surface area contributed by atoms with E-state index >= 15 is 0 Å². The van der Waals surface area contributed by atoms with Gasteiger partial charge < -0.3 is 25.4 Å². The Morgan fingerprint density at radius 2 is 1.40 bits per heavy atom. The molecule has 0 unspecified atom stereocenters. The van der Waals surface area contributed by atoms with E-state index in [0.29, 0.717) is 11.1 Å². The van der Waals surface area contributed by atoms with Crippen molar-refractivity contribution in [1.82, 2.24) is 19.9 Å². The molecule has 3 aromatic carbocycles. The fraction of sp³-hybridized carbons (Fsp3) is 0.233. The van der Waals surface area contributed by atoms with Crippen LogP contribution in [0.25, 0.3) is 0 Å². The van der Waals surface area contributed by atoms with Crippen molar-refractivity contribution in [3.8, 4) is 5.75 Å². The Kier molecular flexibility index (Phi) is 10.8. The molecule has 0 saturated carbocycles. The number of ether oxygens (including phenoxy) is 1. The summed E-state index contributed by atoms with van der Waals surface area (Å²) in [6.45, 7) is 1.90. The molecule has 18 heteroatoms. The summed E-state index contributed by atoms with van der Waals surface area (Å²) in [5, 5.41) is 20.9. The molecular weight excluding hydrogens is 665 g/mol. The fourth-order valence-corrected chi connectivity index (χ4v) is 5.69. The minimum absolute atomic E-state index is 0.0157. The average molecular weight is 699 g/mol. The van der Waals surface area contributed by atoms with Crippen LogP contribution in [0.1, 0.15) is 16.7 Å². The molecule has 0 aliphatic rings. The summed E-state index contributed by atoms with van der Waals surface area (Å²) < 4.78 is 56.2. The number of amides is 1. The highest BCUT2D eigenvalue weighted by molar-refractivity contribution is 7.92. The van der Waals surface area contributed by atoms with Crippen LogP contribution < -0.4 is 24.8 Å². The maximum atomic E-state index is 13.5. The number of nitrogens with zero attached hydrogens (tertiary/aromatic N) is 5. The third-order valence-corrected chi connectivity index (χ3v) is 9.50. The molecule has 1 amide bonds. The van der Waals surface area contributed by atoms with Gasteiger partial charge >= 0.3 is 12.1 Å². The number of aliphatic carboxylic acids is 1. The number of benzene rings is 3. The van der Waals surface area contributed by atoms with E-state index in [1.54, 1.807) is 24.3 Å². The molecule has 0 radical (unpaired) electrons. The highest BCUT2D eigenvalue weighted by atomic mass is 32.2. The first-order valence-electron chi connectivity index (χ1n) is 14.2. The SMILES string of the molecule is Cc1ccc(S(=O)(=O)N(C)c2nc(NCc3ccc(S(N)(=O)=O)cc3)nc(N[C@@H](Cc3ccc(OC(=O)N(C)C)cc3)C(=O)O)n2)cc1.